The highest BCUT2D eigenvalue weighted by Crippen LogP contribution is 2.37. The molecule has 1 saturated heterocycles. The number of amides is 3. The first kappa shape index (κ1) is 36.9. The molecular weight excluding hydrogens is 660 g/mol. The van der Waals surface area contributed by atoms with E-state index in [1.54, 1.807) is 31.3 Å². The normalized spacial score (nSPS) is 15.5. The summed E-state index contributed by atoms with van der Waals surface area (Å²) in [6.07, 6.45) is -9.56. The summed E-state index contributed by atoms with van der Waals surface area (Å²) in [5, 5.41) is 5.99. The summed E-state index contributed by atoms with van der Waals surface area (Å²) >= 11 is 6.10. The number of nitrogens with zero attached hydrogens (tertiary/aromatic N) is 3. The van der Waals surface area contributed by atoms with Gasteiger partial charge in [-0.3, -0.25) is 9.69 Å². The average Bonchev–Trinajstić information content (AvgIpc) is 3.05. The highest BCUT2D eigenvalue weighted by atomic mass is 35.5. The van der Waals surface area contributed by atoms with Crippen LogP contribution >= 0.6 is 11.6 Å². The molecule has 1 aliphatic rings. The third-order valence-electron chi connectivity index (χ3n) is 8.50. The van der Waals surface area contributed by atoms with Crippen molar-refractivity contribution in [3.05, 3.63) is 99.6 Å². The summed E-state index contributed by atoms with van der Waals surface area (Å²) in [4.78, 5) is 30.9. The Labute approximate surface area is 280 Å². The van der Waals surface area contributed by atoms with Crippen molar-refractivity contribution in [1.82, 2.24) is 20.4 Å². The van der Waals surface area contributed by atoms with Crippen LogP contribution in [0.2, 0.25) is 5.02 Å². The van der Waals surface area contributed by atoms with E-state index in [9.17, 15) is 35.9 Å². The van der Waals surface area contributed by atoms with E-state index >= 15 is 0 Å². The molecule has 3 aromatic rings. The van der Waals surface area contributed by atoms with E-state index in [1.165, 1.54) is 7.05 Å². The van der Waals surface area contributed by atoms with E-state index in [0.29, 0.717) is 30.1 Å². The van der Waals surface area contributed by atoms with Crippen molar-refractivity contribution in [2.24, 2.45) is 0 Å². The first-order valence-corrected chi connectivity index (χ1v) is 15.8. The van der Waals surface area contributed by atoms with Gasteiger partial charge in [-0.15, -0.1) is 0 Å². The SMILES string of the molecule is CNC(=O)N[C@H](C)c1ccccc1N1CCN(CC[C@H](CN(C)C(=O)c2cc(C(F)(F)F)cc(C(F)(F)F)c2)c2ccc(Cl)cc2)CC1. The zero-order valence-corrected chi connectivity index (χ0v) is 27.5. The lowest BCUT2D eigenvalue weighted by Crippen LogP contribution is -2.47. The van der Waals surface area contributed by atoms with Crippen LogP contribution in [0.15, 0.2) is 66.7 Å². The smallest absolute Gasteiger partial charge is 0.369 e. The molecule has 0 bridgehead atoms. The lowest BCUT2D eigenvalue weighted by molar-refractivity contribution is -0.143. The van der Waals surface area contributed by atoms with Gasteiger partial charge in [-0.05, 0) is 67.4 Å². The fraction of sp³-hybridized carbons (Fsp3) is 0.412. The number of nitrogens with one attached hydrogen (secondary N) is 2. The Morgan fingerprint density at radius 2 is 1.48 bits per heavy atom. The molecule has 1 heterocycles. The molecule has 0 spiro atoms. The Kier molecular flexibility index (Phi) is 11.9. The number of alkyl halides is 6. The lowest BCUT2D eigenvalue weighted by Gasteiger charge is -2.38. The number of para-hydroxylation sites is 1. The van der Waals surface area contributed by atoms with Gasteiger partial charge in [0.15, 0.2) is 0 Å². The molecule has 2 N–H and O–H groups in total. The Balaban J connectivity index is 1.46. The number of hydrogen-bond donors (Lipinski definition) is 2. The fourth-order valence-electron chi connectivity index (χ4n) is 5.85. The molecule has 260 valence electrons. The van der Waals surface area contributed by atoms with Gasteiger partial charge >= 0.3 is 18.4 Å². The van der Waals surface area contributed by atoms with E-state index in [1.807, 2.05) is 31.2 Å². The lowest BCUT2D eigenvalue weighted by atomic mass is 9.94. The van der Waals surface area contributed by atoms with Crippen molar-refractivity contribution in [2.75, 3.05) is 58.3 Å². The van der Waals surface area contributed by atoms with Crippen LogP contribution in [0.4, 0.5) is 36.8 Å². The van der Waals surface area contributed by atoms with Crippen LogP contribution in [0, 0.1) is 0 Å². The second-order valence-corrected chi connectivity index (χ2v) is 12.3. The average molecular weight is 698 g/mol. The number of likely N-dealkylation sites (N-methyl/N-ethyl adjacent to an activating group) is 1. The summed E-state index contributed by atoms with van der Waals surface area (Å²) in [6.45, 7) is 5.54. The van der Waals surface area contributed by atoms with Crippen molar-refractivity contribution in [1.29, 1.82) is 0 Å². The zero-order chi connectivity index (χ0) is 35.2. The molecule has 48 heavy (non-hydrogen) atoms. The van der Waals surface area contributed by atoms with Crippen molar-refractivity contribution < 1.29 is 35.9 Å². The molecular formula is C34H38ClF6N5O2. The van der Waals surface area contributed by atoms with Crippen LogP contribution in [-0.2, 0) is 12.4 Å². The van der Waals surface area contributed by atoms with Gasteiger partial charge in [0.1, 0.15) is 0 Å². The van der Waals surface area contributed by atoms with Crippen LogP contribution in [0.25, 0.3) is 0 Å². The third-order valence-corrected chi connectivity index (χ3v) is 8.75. The van der Waals surface area contributed by atoms with Gasteiger partial charge in [0, 0.05) is 69.0 Å². The van der Waals surface area contributed by atoms with E-state index in [-0.39, 0.29) is 30.6 Å². The van der Waals surface area contributed by atoms with Gasteiger partial charge in [-0.25, -0.2) is 4.79 Å². The Hall–Kier alpha value is -3.97. The number of carbonyl (C=O) groups excluding carboxylic acids is 2. The van der Waals surface area contributed by atoms with Gasteiger partial charge in [0.2, 0.25) is 0 Å². The molecule has 3 aromatic carbocycles. The molecule has 0 aliphatic carbocycles. The first-order chi connectivity index (χ1) is 22.6. The van der Waals surface area contributed by atoms with Crippen LogP contribution in [0.3, 0.4) is 0 Å². The second-order valence-electron chi connectivity index (χ2n) is 11.9. The number of benzene rings is 3. The van der Waals surface area contributed by atoms with Gasteiger partial charge in [-0.1, -0.05) is 41.9 Å². The van der Waals surface area contributed by atoms with Crippen molar-refractivity contribution in [2.45, 2.75) is 37.7 Å². The number of piperazine rings is 1. The van der Waals surface area contributed by atoms with Crippen molar-refractivity contribution >= 4 is 29.2 Å². The standard InChI is InChI=1S/C34H38ClF6N5O2/c1-22(43-32(48)42-2)29-6-4-5-7-30(29)46-16-14-45(15-17-46)13-12-24(23-8-10-28(35)11-9-23)21-44(3)31(47)25-18-26(33(36,37)38)20-27(19-25)34(39,40)41/h4-11,18-20,22,24H,12-17,21H2,1-3H3,(H2,42,43,48)/t22-,24-/m1/s1. The van der Waals surface area contributed by atoms with E-state index in [4.69, 9.17) is 11.6 Å². The number of rotatable bonds is 10. The minimum Gasteiger partial charge on any atom is -0.369 e. The molecule has 0 saturated carbocycles. The van der Waals surface area contributed by atoms with Crippen LogP contribution < -0.4 is 15.5 Å². The quantitative estimate of drug-likeness (QED) is 0.216. The van der Waals surface area contributed by atoms with E-state index in [2.05, 4.69) is 20.4 Å². The largest absolute Gasteiger partial charge is 0.416 e. The monoisotopic (exact) mass is 697 g/mol. The second kappa shape index (κ2) is 15.5. The molecule has 0 aromatic heterocycles. The Morgan fingerprint density at radius 3 is 2.04 bits per heavy atom. The first-order valence-electron chi connectivity index (χ1n) is 15.4. The minimum absolute atomic E-state index is 0.00793. The Morgan fingerprint density at radius 1 is 0.896 bits per heavy atom. The maximum absolute atomic E-state index is 13.4. The zero-order valence-electron chi connectivity index (χ0n) is 26.8. The molecule has 0 unspecified atom stereocenters. The maximum atomic E-state index is 13.4. The molecule has 1 fully saturated rings. The van der Waals surface area contributed by atoms with Crippen molar-refractivity contribution in [3.63, 3.8) is 0 Å². The summed E-state index contributed by atoms with van der Waals surface area (Å²) in [7, 11) is 2.93. The molecule has 1 aliphatic heterocycles. The number of halogens is 7. The molecule has 0 radical (unpaired) electrons. The van der Waals surface area contributed by atoms with Gasteiger partial charge in [0.25, 0.3) is 5.91 Å². The van der Waals surface area contributed by atoms with Crippen LogP contribution in [0.1, 0.15) is 57.9 Å². The van der Waals surface area contributed by atoms with E-state index in [0.717, 1.165) is 47.9 Å². The molecule has 2 atom stereocenters. The predicted octanol–water partition coefficient (Wildman–Crippen LogP) is 7.44. The predicted molar refractivity (Wildman–Crippen MR) is 173 cm³/mol. The topological polar surface area (TPSA) is 67.9 Å². The highest BCUT2D eigenvalue weighted by molar-refractivity contribution is 6.30. The Bertz CT molecular complexity index is 1530. The van der Waals surface area contributed by atoms with Gasteiger partial charge in [0.05, 0.1) is 17.2 Å². The minimum atomic E-state index is -5.06. The summed E-state index contributed by atoms with van der Waals surface area (Å²) < 4.78 is 80.7. The number of carbonyl (C=O) groups is 2. The highest BCUT2D eigenvalue weighted by Gasteiger charge is 2.38. The molecule has 14 heteroatoms. The maximum Gasteiger partial charge on any atom is 0.416 e. The van der Waals surface area contributed by atoms with Crippen LogP contribution in [0.5, 0.6) is 0 Å². The molecule has 3 amide bonds. The van der Waals surface area contributed by atoms with Crippen LogP contribution in [-0.4, -0.2) is 75.1 Å². The number of hydrogen-bond acceptors (Lipinski definition) is 4. The van der Waals surface area contributed by atoms with E-state index < -0.39 is 35.0 Å². The van der Waals surface area contributed by atoms with Gasteiger partial charge in [-0.2, -0.15) is 26.3 Å². The number of anilines is 1. The summed E-state index contributed by atoms with van der Waals surface area (Å²) in [6, 6.07) is 15.3. The molecule has 4 rings (SSSR count). The summed E-state index contributed by atoms with van der Waals surface area (Å²) in [5.74, 6) is -1.22. The van der Waals surface area contributed by atoms with Crippen molar-refractivity contribution in [3.8, 4) is 0 Å². The summed E-state index contributed by atoms with van der Waals surface area (Å²) in [5.41, 5.74) is -0.906. The molecule has 7 nitrogen and oxygen atoms in total. The third kappa shape index (κ3) is 9.56. The number of urea groups is 1. The van der Waals surface area contributed by atoms with Gasteiger partial charge < -0.3 is 20.4 Å². The fourth-order valence-corrected chi connectivity index (χ4v) is 5.98.